The van der Waals surface area contributed by atoms with Gasteiger partial charge in [0.2, 0.25) is 0 Å². The van der Waals surface area contributed by atoms with E-state index in [-0.39, 0.29) is 48.9 Å². The molecule has 0 saturated heterocycles. The Balaban J connectivity index is 1.74. The summed E-state index contributed by atoms with van der Waals surface area (Å²) < 4.78 is 12.7. The summed E-state index contributed by atoms with van der Waals surface area (Å²) in [6.07, 6.45) is 0. The molecule has 1 aliphatic rings. The summed E-state index contributed by atoms with van der Waals surface area (Å²) in [4.78, 5) is 18.1. The summed E-state index contributed by atoms with van der Waals surface area (Å²) in [6, 6.07) is 20.6. The number of hydrogen-bond acceptors (Lipinski definition) is 8. The van der Waals surface area contributed by atoms with Crippen molar-refractivity contribution in [2.24, 2.45) is 0 Å². The molecule has 1 fully saturated rings. The molecule has 8 nitrogen and oxygen atoms in total. The standard InChI is InChI=1S/C28H26Br2N4O4/c1-37-27-31-19(13-35)11-21(33-27)25-23(15-3-7-17(29)8-4-15)26(24(25)16-5-9-18(30)10-6-16)22-12-20(14-36)32-28(34-22)38-2/h3-12,23-26,35-36H,13-14H2,1-2H3. The lowest BCUT2D eigenvalue weighted by molar-refractivity contribution is 0.213. The Hall–Kier alpha value is -2.92. The minimum absolute atomic E-state index is 0.0333. The van der Waals surface area contributed by atoms with Gasteiger partial charge in [0.15, 0.2) is 0 Å². The Morgan fingerprint density at radius 1 is 0.605 bits per heavy atom. The topological polar surface area (TPSA) is 110 Å². The molecule has 2 aromatic heterocycles. The molecule has 0 aliphatic heterocycles. The molecule has 2 heterocycles. The maximum absolute atomic E-state index is 9.92. The molecule has 0 unspecified atom stereocenters. The van der Waals surface area contributed by atoms with Crippen LogP contribution in [0.25, 0.3) is 0 Å². The molecule has 0 atom stereocenters. The normalized spacial score (nSPS) is 20.6. The first-order valence-electron chi connectivity index (χ1n) is 12.0. The van der Waals surface area contributed by atoms with Gasteiger partial charge in [-0.2, -0.15) is 19.9 Å². The molecule has 5 rings (SSSR count). The molecular weight excluding hydrogens is 616 g/mol. The largest absolute Gasteiger partial charge is 0.467 e. The van der Waals surface area contributed by atoms with E-state index >= 15 is 0 Å². The number of aliphatic hydroxyl groups excluding tert-OH is 2. The summed E-state index contributed by atoms with van der Waals surface area (Å²) in [5, 5.41) is 19.8. The molecule has 0 spiro atoms. The van der Waals surface area contributed by atoms with Crippen molar-refractivity contribution < 1.29 is 19.7 Å². The molecule has 196 valence electrons. The number of hydrogen-bond donors (Lipinski definition) is 2. The molecule has 1 aliphatic carbocycles. The predicted octanol–water partition coefficient (Wildman–Crippen LogP) is 5.24. The maximum Gasteiger partial charge on any atom is 0.316 e. The highest BCUT2D eigenvalue weighted by Gasteiger charge is 2.54. The van der Waals surface area contributed by atoms with Crippen molar-refractivity contribution in [3.63, 3.8) is 0 Å². The average molecular weight is 642 g/mol. The zero-order valence-corrected chi connectivity index (χ0v) is 23.9. The van der Waals surface area contributed by atoms with Crippen molar-refractivity contribution in [2.45, 2.75) is 36.9 Å². The van der Waals surface area contributed by atoms with E-state index in [1.165, 1.54) is 14.2 Å². The number of halogens is 2. The van der Waals surface area contributed by atoms with Crippen molar-refractivity contribution in [1.82, 2.24) is 19.9 Å². The minimum atomic E-state index is -0.225. The number of methoxy groups -OCH3 is 2. The minimum Gasteiger partial charge on any atom is -0.467 e. The number of ether oxygens (including phenoxy) is 2. The van der Waals surface area contributed by atoms with E-state index < -0.39 is 0 Å². The average Bonchev–Trinajstić information content (AvgIpc) is 2.94. The fraction of sp³-hybridized carbons (Fsp3) is 0.286. The highest BCUT2D eigenvalue weighted by molar-refractivity contribution is 9.10. The summed E-state index contributed by atoms with van der Waals surface area (Å²) in [7, 11) is 3.04. The first kappa shape index (κ1) is 26.7. The van der Waals surface area contributed by atoms with E-state index in [2.05, 4.69) is 66.1 Å². The molecule has 2 N–H and O–H groups in total. The Morgan fingerprint density at radius 3 is 1.29 bits per heavy atom. The number of aliphatic hydroxyl groups is 2. The maximum atomic E-state index is 9.92. The fourth-order valence-electron chi connectivity index (χ4n) is 5.36. The smallest absolute Gasteiger partial charge is 0.316 e. The van der Waals surface area contributed by atoms with Crippen LogP contribution in [0.4, 0.5) is 0 Å². The highest BCUT2D eigenvalue weighted by Crippen LogP contribution is 2.66. The molecule has 10 heteroatoms. The third-order valence-electron chi connectivity index (χ3n) is 6.99. The van der Waals surface area contributed by atoms with Crippen LogP contribution in [0.3, 0.4) is 0 Å². The molecule has 0 radical (unpaired) electrons. The summed E-state index contributed by atoms with van der Waals surface area (Å²) in [5.41, 5.74) is 4.77. The predicted molar refractivity (Wildman–Crippen MR) is 148 cm³/mol. The summed E-state index contributed by atoms with van der Waals surface area (Å²) in [5.74, 6) is -0.228. The van der Waals surface area contributed by atoms with Crippen LogP contribution in [0, 0.1) is 0 Å². The Kier molecular flexibility index (Phi) is 8.04. The number of benzene rings is 2. The Morgan fingerprint density at radius 2 is 0.974 bits per heavy atom. The second-order valence-corrected chi connectivity index (χ2v) is 10.9. The van der Waals surface area contributed by atoms with E-state index in [0.717, 1.165) is 31.5 Å². The van der Waals surface area contributed by atoms with Crippen LogP contribution in [0.2, 0.25) is 0 Å². The highest BCUT2D eigenvalue weighted by atomic mass is 79.9. The van der Waals surface area contributed by atoms with Crippen molar-refractivity contribution in [3.8, 4) is 12.0 Å². The van der Waals surface area contributed by atoms with Gasteiger partial charge in [0, 0.05) is 32.6 Å². The van der Waals surface area contributed by atoms with Crippen molar-refractivity contribution >= 4 is 31.9 Å². The van der Waals surface area contributed by atoms with Crippen LogP contribution in [0.1, 0.15) is 57.6 Å². The third-order valence-corrected chi connectivity index (χ3v) is 8.04. The van der Waals surface area contributed by atoms with Gasteiger partial charge in [0.1, 0.15) is 0 Å². The lowest BCUT2D eigenvalue weighted by Gasteiger charge is -2.52. The summed E-state index contributed by atoms with van der Waals surface area (Å²) in [6.45, 7) is -0.451. The van der Waals surface area contributed by atoms with Crippen LogP contribution in [-0.2, 0) is 13.2 Å². The molecule has 0 amide bonds. The molecular formula is C28H26Br2N4O4. The molecule has 1 saturated carbocycles. The van der Waals surface area contributed by atoms with Crippen molar-refractivity contribution in [2.75, 3.05) is 14.2 Å². The van der Waals surface area contributed by atoms with E-state index in [4.69, 9.17) is 19.4 Å². The number of aromatic nitrogens is 4. The second kappa shape index (κ2) is 11.4. The van der Waals surface area contributed by atoms with Crippen LogP contribution in [0.15, 0.2) is 69.6 Å². The SMILES string of the molecule is COc1nc(CO)cc(C2C(c3ccc(Br)cc3)C(c3cc(CO)nc(OC)n3)C2c2ccc(Br)cc2)n1. The molecule has 2 aromatic carbocycles. The zero-order chi connectivity index (χ0) is 26.8. The van der Waals surface area contributed by atoms with E-state index in [1.54, 1.807) is 0 Å². The second-order valence-electron chi connectivity index (χ2n) is 9.06. The Bertz CT molecular complexity index is 1260. The third kappa shape index (κ3) is 5.18. The fourth-order valence-corrected chi connectivity index (χ4v) is 5.89. The molecule has 4 aromatic rings. The summed E-state index contributed by atoms with van der Waals surface area (Å²) >= 11 is 7.10. The van der Waals surface area contributed by atoms with E-state index in [9.17, 15) is 10.2 Å². The van der Waals surface area contributed by atoms with Gasteiger partial charge in [-0.3, -0.25) is 0 Å². The van der Waals surface area contributed by atoms with Gasteiger partial charge in [0.25, 0.3) is 0 Å². The first-order valence-corrected chi connectivity index (χ1v) is 13.6. The van der Waals surface area contributed by atoms with Gasteiger partial charge in [0.05, 0.1) is 50.2 Å². The van der Waals surface area contributed by atoms with E-state index in [1.807, 2.05) is 36.4 Å². The van der Waals surface area contributed by atoms with Gasteiger partial charge < -0.3 is 19.7 Å². The van der Waals surface area contributed by atoms with Gasteiger partial charge >= 0.3 is 12.0 Å². The van der Waals surface area contributed by atoms with Gasteiger partial charge in [-0.05, 0) is 47.5 Å². The quantitative estimate of drug-likeness (QED) is 0.269. The number of nitrogens with zero attached hydrogens (tertiary/aromatic N) is 4. The van der Waals surface area contributed by atoms with E-state index in [0.29, 0.717) is 11.4 Å². The monoisotopic (exact) mass is 640 g/mol. The first-order chi connectivity index (χ1) is 18.4. The van der Waals surface area contributed by atoms with Crippen LogP contribution in [0.5, 0.6) is 12.0 Å². The molecule has 38 heavy (non-hydrogen) atoms. The number of rotatable bonds is 8. The van der Waals surface area contributed by atoms with Crippen LogP contribution < -0.4 is 9.47 Å². The van der Waals surface area contributed by atoms with Crippen molar-refractivity contribution in [3.05, 3.63) is 104 Å². The Labute approximate surface area is 237 Å². The lowest BCUT2D eigenvalue weighted by Crippen LogP contribution is -2.41. The lowest BCUT2D eigenvalue weighted by atomic mass is 9.50. The van der Waals surface area contributed by atoms with Crippen LogP contribution in [-0.4, -0.2) is 44.4 Å². The van der Waals surface area contributed by atoms with Crippen LogP contribution >= 0.6 is 31.9 Å². The zero-order valence-electron chi connectivity index (χ0n) is 20.8. The van der Waals surface area contributed by atoms with Crippen molar-refractivity contribution in [1.29, 1.82) is 0 Å². The molecule has 0 bridgehead atoms. The van der Waals surface area contributed by atoms with Gasteiger partial charge in [-0.1, -0.05) is 56.1 Å². The van der Waals surface area contributed by atoms with Gasteiger partial charge in [-0.25, -0.2) is 0 Å². The van der Waals surface area contributed by atoms with Gasteiger partial charge in [-0.15, -0.1) is 0 Å².